The van der Waals surface area contributed by atoms with Crippen LogP contribution in [0.3, 0.4) is 0 Å². The van der Waals surface area contributed by atoms with E-state index in [4.69, 9.17) is 11.6 Å². The van der Waals surface area contributed by atoms with Gasteiger partial charge in [0.15, 0.2) is 0 Å². The number of non-ortho nitro benzene ring substituents is 1. The Bertz CT molecular complexity index is 1280. The highest BCUT2D eigenvalue weighted by molar-refractivity contribution is 8.18. The van der Waals surface area contributed by atoms with Crippen LogP contribution < -0.4 is 0 Å². The molecule has 0 bridgehead atoms. The Hall–Kier alpha value is -3.36. The standard InChI is InChI=1S/C23H18ClN3O4S/c1-14-11-17(15(2)26(14)18-7-9-19(10-8-18)27(30)31)12-21-22(28)25(23(29)32-21)13-16-5-3-4-6-20(16)24/h3-12H,13H2,1-2H3/b21-12-. The van der Waals surface area contributed by atoms with Crippen molar-refractivity contribution in [3.8, 4) is 5.69 Å². The SMILES string of the molecule is Cc1cc(/C=C2\SC(=O)N(Cc3ccccc3Cl)C2=O)c(C)n1-c1ccc([N+](=O)[O-])cc1. The lowest BCUT2D eigenvalue weighted by Crippen LogP contribution is -2.27. The molecule has 4 rings (SSSR count). The van der Waals surface area contributed by atoms with Gasteiger partial charge in [-0.1, -0.05) is 29.8 Å². The Balaban J connectivity index is 1.62. The van der Waals surface area contributed by atoms with Crippen LogP contribution in [0.25, 0.3) is 11.8 Å². The van der Waals surface area contributed by atoms with Crippen molar-refractivity contribution in [2.24, 2.45) is 0 Å². The average Bonchev–Trinajstić information content (AvgIpc) is 3.19. The number of aromatic nitrogens is 1. The second kappa shape index (κ2) is 8.64. The van der Waals surface area contributed by atoms with Gasteiger partial charge in [0.2, 0.25) is 0 Å². The minimum atomic E-state index is -0.441. The fourth-order valence-corrected chi connectivity index (χ4v) is 4.65. The quantitative estimate of drug-likeness (QED) is 0.265. The van der Waals surface area contributed by atoms with Gasteiger partial charge in [0, 0.05) is 34.2 Å². The molecule has 0 spiro atoms. The van der Waals surface area contributed by atoms with Crippen LogP contribution in [-0.2, 0) is 11.3 Å². The molecule has 2 aromatic carbocycles. The molecule has 2 amide bonds. The highest BCUT2D eigenvalue weighted by Crippen LogP contribution is 2.35. The number of benzene rings is 2. The molecule has 0 radical (unpaired) electrons. The summed E-state index contributed by atoms with van der Waals surface area (Å²) in [7, 11) is 0. The maximum Gasteiger partial charge on any atom is 0.293 e. The minimum absolute atomic E-state index is 0.0172. The number of halogens is 1. The van der Waals surface area contributed by atoms with Crippen LogP contribution in [-0.4, -0.2) is 25.5 Å². The highest BCUT2D eigenvalue weighted by Gasteiger charge is 2.35. The lowest BCUT2D eigenvalue weighted by molar-refractivity contribution is -0.384. The summed E-state index contributed by atoms with van der Waals surface area (Å²) < 4.78 is 1.95. The van der Waals surface area contributed by atoms with E-state index in [1.807, 2.05) is 30.5 Å². The minimum Gasteiger partial charge on any atom is -0.318 e. The van der Waals surface area contributed by atoms with Crippen LogP contribution in [0.15, 0.2) is 59.5 Å². The van der Waals surface area contributed by atoms with Crippen LogP contribution in [0.2, 0.25) is 5.02 Å². The molecule has 0 unspecified atom stereocenters. The van der Waals surface area contributed by atoms with Crippen LogP contribution in [0.1, 0.15) is 22.5 Å². The molecule has 32 heavy (non-hydrogen) atoms. The van der Waals surface area contributed by atoms with Crippen LogP contribution in [0.5, 0.6) is 0 Å². The summed E-state index contributed by atoms with van der Waals surface area (Å²) in [5.74, 6) is -0.361. The van der Waals surface area contributed by atoms with E-state index < -0.39 is 4.92 Å². The van der Waals surface area contributed by atoms with Crippen molar-refractivity contribution >= 4 is 46.3 Å². The van der Waals surface area contributed by atoms with Gasteiger partial charge >= 0.3 is 0 Å². The molecule has 1 aliphatic rings. The van der Waals surface area contributed by atoms with Crippen LogP contribution in [0.4, 0.5) is 10.5 Å². The third-order valence-electron chi connectivity index (χ3n) is 5.24. The first kappa shape index (κ1) is 21.9. The van der Waals surface area contributed by atoms with Crippen LogP contribution >= 0.6 is 23.4 Å². The topological polar surface area (TPSA) is 85.5 Å². The van der Waals surface area contributed by atoms with Crippen molar-refractivity contribution in [3.63, 3.8) is 0 Å². The largest absolute Gasteiger partial charge is 0.318 e. The van der Waals surface area contributed by atoms with E-state index >= 15 is 0 Å². The lowest BCUT2D eigenvalue weighted by Gasteiger charge is -2.13. The second-order valence-electron chi connectivity index (χ2n) is 7.29. The summed E-state index contributed by atoms with van der Waals surface area (Å²) in [5, 5.41) is 11.1. The first-order chi connectivity index (χ1) is 15.3. The normalized spacial score (nSPS) is 15.1. The van der Waals surface area contributed by atoms with Gasteiger partial charge in [-0.25, -0.2) is 0 Å². The predicted octanol–water partition coefficient (Wildman–Crippen LogP) is 5.89. The number of aryl methyl sites for hydroxylation is 1. The van der Waals surface area contributed by atoms with Crippen molar-refractivity contribution in [2.45, 2.75) is 20.4 Å². The number of nitrogens with zero attached hydrogens (tertiary/aromatic N) is 3. The molecule has 1 fully saturated rings. The number of nitro groups is 1. The van der Waals surface area contributed by atoms with Gasteiger partial charge in [-0.15, -0.1) is 0 Å². The Morgan fingerprint density at radius 1 is 1.09 bits per heavy atom. The molecular weight excluding hydrogens is 450 g/mol. The number of carbonyl (C=O) groups excluding carboxylic acids is 2. The highest BCUT2D eigenvalue weighted by atomic mass is 35.5. The fourth-order valence-electron chi connectivity index (χ4n) is 3.63. The van der Waals surface area contributed by atoms with Gasteiger partial charge < -0.3 is 4.57 Å². The maximum absolute atomic E-state index is 12.9. The van der Waals surface area contributed by atoms with Crippen molar-refractivity contribution in [1.29, 1.82) is 0 Å². The zero-order valence-corrected chi connectivity index (χ0v) is 18.8. The molecule has 162 valence electrons. The Labute approximate surface area is 193 Å². The van der Waals surface area contributed by atoms with E-state index in [9.17, 15) is 19.7 Å². The van der Waals surface area contributed by atoms with E-state index in [2.05, 4.69) is 0 Å². The van der Waals surface area contributed by atoms with Crippen molar-refractivity contribution in [1.82, 2.24) is 9.47 Å². The van der Waals surface area contributed by atoms with Gasteiger partial charge in [0.1, 0.15) is 0 Å². The molecule has 0 atom stereocenters. The number of thioether (sulfide) groups is 1. The van der Waals surface area contributed by atoms with E-state index in [1.165, 1.54) is 17.0 Å². The number of hydrogen-bond donors (Lipinski definition) is 0. The molecule has 3 aromatic rings. The van der Waals surface area contributed by atoms with Crippen molar-refractivity contribution in [3.05, 3.63) is 97.2 Å². The summed E-state index contributed by atoms with van der Waals surface area (Å²) in [6.45, 7) is 3.92. The number of hydrogen-bond acceptors (Lipinski definition) is 5. The average molecular weight is 468 g/mol. The number of carbonyl (C=O) groups is 2. The zero-order chi connectivity index (χ0) is 23.0. The van der Waals surface area contributed by atoms with Crippen molar-refractivity contribution in [2.75, 3.05) is 0 Å². The summed E-state index contributed by atoms with van der Waals surface area (Å²) in [4.78, 5) is 37.4. The number of rotatable bonds is 5. The maximum atomic E-state index is 12.9. The van der Waals surface area contributed by atoms with Crippen molar-refractivity contribution < 1.29 is 14.5 Å². The molecule has 1 saturated heterocycles. The molecule has 0 aliphatic carbocycles. The van der Waals surface area contributed by atoms with Gasteiger partial charge in [-0.2, -0.15) is 0 Å². The van der Waals surface area contributed by atoms with E-state index in [0.29, 0.717) is 15.5 Å². The van der Waals surface area contributed by atoms with E-state index in [1.54, 1.807) is 36.4 Å². The molecule has 7 nitrogen and oxygen atoms in total. The van der Waals surface area contributed by atoms with Gasteiger partial charge in [-0.05, 0) is 67.1 Å². The van der Waals surface area contributed by atoms with E-state index in [-0.39, 0.29) is 23.4 Å². The first-order valence-corrected chi connectivity index (χ1v) is 10.9. The van der Waals surface area contributed by atoms with Crippen LogP contribution in [0, 0.1) is 24.0 Å². The van der Waals surface area contributed by atoms with Gasteiger partial charge in [0.25, 0.3) is 16.8 Å². The number of nitro benzene ring substituents is 1. The summed E-state index contributed by atoms with van der Waals surface area (Å²) in [6.07, 6.45) is 1.71. The summed E-state index contributed by atoms with van der Waals surface area (Å²) in [6, 6.07) is 15.3. The smallest absolute Gasteiger partial charge is 0.293 e. The third kappa shape index (κ3) is 4.06. The third-order valence-corrected chi connectivity index (χ3v) is 6.51. The number of imide groups is 1. The monoisotopic (exact) mass is 467 g/mol. The molecular formula is C23H18ClN3O4S. The second-order valence-corrected chi connectivity index (χ2v) is 8.70. The first-order valence-electron chi connectivity index (χ1n) is 9.69. The molecule has 1 aromatic heterocycles. The summed E-state index contributed by atoms with van der Waals surface area (Å²) >= 11 is 7.08. The fraction of sp³-hybridized carbons (Fsp3) is 0.130. The molecule has 1 aliphatic heterocycles. The lowest BCUT2D eigenvalue weighted by atomic mass is 10.2. The number of amides is 2. The Kier molecular flexibility index (Phi) is 5.90. The Morgan fingerprint density at radius 3 is 2.44 bits per heavy atom. The molecule has 0 saturated carbocycles. The van der Waals surface area contributed by atoms with Gasteiger partial charge in [-0.3, -0.25) is 24.6 Å². The Morgan fingerprint density at radius 2 is 1.78 bits per heavy atom. The molecule has 2 heterocycles. The zero-order valence-electron chi connectivity index (χ0n) is 17.2. The molecule has 9 heteroatoms. The predicted molar refractivity (Wildman–Crippen MR) is 125 cm³/mol. The summed E-state index contributed by atoms with van der Waals surface area (Å²) in [5.41, 5.74) is 4.05. The van der Waals surface area contributed by atoms with E-state index in [0.717, 1.165) is 34.4 Å². The van der Waals surface area contributed by atoms with Gasteiger partial charge in [0.05, 0.1) is 16.4 Å². The molecule has 0 N–H and O–H groups in total.